The first-order valence-electron chi connectivity index (χ1n) is 4.49. The van der Waals surface area contributed by atoms with E-state index in [1.54, 1.807) is 16.2 Å². The molecule has 1 aromatic heterocycles. The van der Waals surface area contributed by atoms with Crippen molar-refractivity contribution in [2.75, 3.05) is 12.4 Å². The summed E-state index contributed by atoms with van der Waals surface area (Å²) in [4.78, 5) is 14.5. The lowest BCUT2D eigenvalue weighted by Gasteiger charge is -2.23. The van der Waals surface area contributed by atoms with Gasteiger partial charge in [-0.15, -0.1) is 11.3 Å². The molecule has 0 aliphatic heterocycles. The Morgan fingerprint density at radius 1 is 1.71 bits per heavy atom. The number of carbonyl (C=O) groups is 1. The van der Waals surface area contributed by atoms with E-state index in [9.17, 15) is 4.79 Å². The van der Waals surface area contributed by atoms with E-state index in [2.05, 4.69) is 34.3 Å². The summed E-state index contributed by atoms with van der Waals surface area (Å²) >= 11 is 4.91. The van der Waals surface area contributed by atoms with Gasteiger partial charge in [0.2, 0.25) is 5.91 Å². The summed E-state index contributed by atoms with van der Waals surface area (Å²) in [6.45, 7) is 2.07. The largest absolute Gasteiger partial charge is 0.342 e. The van der Waals surface area contributed by atoms with Crippen LogP contribution in [0.5, 0.6) is 0 Å². The van der Waals surface area contributed by atoms with Crippen LogP contribution >= 0.6 is 27.3 Å². The van der Waals surface area contributed by atoms with E-state index in [0.717, 1.165) is 6.42 Å². The first-order valence-corrected chi connectivity index (χ1v) is 6.49. The quantitative estimate of drug-likeness (QED) is 0.774. The lowest BCUT2D eigenvalue weighted by molar-refractivity contribution is -0.128. The van der Waals surface area contributed by atoms with Gasteiger partial charge in [0.05, 0.1) is 5.33 Å². The van der Waals surface area contributed by atoms with Crippen molar-refractivity contribution < 1.29 is 4.79 Å². The highest BCUT2D eigenvalue weighted by molar-refractivity contribution is 9.09. The molecule has 14 heavy (non-hydrogen) atoms. The van der Waals surface area contributed by atoms with E-state index in [1.807, 2.05) is 13.1 Å². The van der Waals surface area contributed by atoms with E-state index < -0.39 is 0 Å². The van der Waals surface area contributed by atoms with Crippen LogP contribution in [-0.2, 0) is 11.2 Å². The van der Waals surface area contributed by atoms with E-state index >= 15 is 0 Å². The molecule has 0 N–H and O–H groups in total. The van der Waals surface area contributed by atoms with Gasteiger partial charge in [0.15, 0.2) is 0 Å². The Bertz CT molecular complexity index is 286. The molecule has 0 aromatic carbocycles. The number of nitrogens with zero attached hydrogens (tertiary/aromatic N) is 1. The van der Waals surface area contributed by atoms with Gasteiger partial charge >= 0.3 is 0 Å². The molecule has 1 heterocycles. The zero-order chi connectivity index (χ0) is 10.6. The van der Waals surface area contributed by atoms with Gasteiger partial charge in [-0.25, -0.2) is 0 Å². The Morgan fingerprint density at radius 2 is 2.43 bits per heavy atom. The molecule has 78 valence electrons. The van der Waals surface area contributed by atoms with Crippen molar-refractivity contribution in [1.82, 2.24) is 4.90 Å². The summed E-state index contributed by atoms with van der Waals surface area (Å²) in [5.41, 5.74) is 0. The number of likely N-dealkylation sites (N-methyl/N-ethyl adjacent to an activating group) is 1. The molecule has 0 bridgehead atoms. The van der Waals surface area contributed by atoms with Crippen molar-refractivity contribution in [3.63, 3.8) is 0 Å². The van der Waals surface area contributed by atoms with Crippen LogP contribution in [-0.4, -0.2) is 29.2 Å². The van der Waals surface area contributed by atoms with Crippen LogP contribution in [0.2, 0.25) is 0 Å². The van der Waals surface area contributed by atoms with Gasteiger partial charge in [-0.05, 0) is 18.4 Å². The second kappa shape index (κ2) is 5.51. The number of halogens is 1. The van der Waals surface area contributed by atoms with Crippen molar-refractivity contribution in [3.8, 4) is 0 Å². The molecule has 0 aliphatic carbocycles. The number of carbonyl (C=O) groups excluding carboxylic acids is 1. The number of hydrogen-bond acceptors (Lipinski definition) is 2. The smallest absolute Gasteiger partial charge is 0.233 e. The summed E-state index contributed by atoms with van der Waals surface area (Å²) in [7, 11) is 1.85. The normalized spacial score (nSPS) is 12.5. The van der Waals surface area contributed by atoms with Gasteiger partial charge in [0, 0.05) is 24.4 Å². The Morgan fingerprint density at radius 3 is 2.93 bits per heavy atom. The zero-order valence-corrected chi connectivity index (χ0v) is 10.8. The molecule has 1 amide bonds. The van der Waals surface area contributed by atoms with Crippen LogP contribution in [0.4, 0.5) is 0 Å². The Labute approximate surface area is 97.1 Å². The third kappa shape index (κ3) is 3.10. The van der Waals surface area contributed by atoms with Crippen molar-refractivity contribution in [2.24, 2.45) is 0 Å². The molecule has 1 unspecified atom stereocenters. The summed E-state index contributed by atoms with van der Waals surface area (Å²) in [6.07, 6.45) is 0.937. The van der Waals surface area contributed by atoms with Gasteiger partial charge in [-0.3, -0.25) is 4.79 Å². The minimum atomic E-state index is 0.133. The molecule has 0 fully saturated rings. The average molecular weight is 276 g/mol. The van der Waals surface area contributed by atoms with Gasteiger partial charge in [-0.2, -0.15) is 0 Å². The molecular weight excluding hydrogens is 262 g/mol. The molecule has 1 rings (SSSR count). The van der Waals surface area contributed by atoms with Crippen LogP contribution in [0.1, 0.15) is 11.8 Å². The van der Waals surface area contributed by atoms with Crippen LogP contribution in [0.3, 0.4) is 0 Å². The van der Waals surface area contributed by atoms with Crippen molar-refractivity contribution >= 4 is 33.2 Å². The molecule has 0 saturated carbocycles. The average Bonchev–Trinajstić information content (AvgIpc) is 2.68. The fourth-order valence-corrected chi connectivity index (χ4v) is 2.42. The molecule has 0 saturated heterocycles. The number of alkyl halides is 1. The third-order valence-corrected chi connectivity index (χ3v) is 3.62. The van der Waals surface area contributed by atoms with Gasteiger partial charge in [0.25, 0.3) is 0 Å². The maximum absolute atomic E-state index is 11.4. The Hall–Kier alpha value is -0.350. The number of rotatable bonds is 4. The third-order valence-electron chi connectivity index (χ3n) is 2.25. The number of thiophene rings is 1. The highest BCUT2D eigenvalue weighted by Gasteiger charge is 2.14. The molecule has 0 radical (unpaired) electrons. The minimum absolute atomic E-state index is 0.133. The van der Waals surface area contributed by atoms with Gasteiger partial charge in [-0.1, -0.05) is 22.0 Å². The molecule has 0 spiro atoms. The SMILES string of the molecule is CC(Cc1cccs1)N(C)C(=O)CBr. The second-order valence-electron chi connectivity index (χ2n) is 3.27. The fraction of sp³-hybridized carbons (Fsp3) is 0.500. The highest BCUT2D eigenvalue weighted by atomic mass is 79.9. The fourth-order valence-electron chi connectivity index (χ4n) is 1.20. The molecule has 1 aromatic rings. The van der Waals surface area contributed by atoms with E-state index in [4.69, 9.17) is 0 Å². The van der Waals surface area contributed by atoms with Crippen LogP contribution in [0.15, 0.2) is 17.5 Å². The van der Waals surface area contributed by atoms with Gasteiger partial charge < -0.3 is 4.90 Å². The first-order chi connectivity index (χ1) is 6.65. The summed E-state index contributed by atoms with van der Waals surface area (Å²) in [5.74, 6) is 0.133. The maximum Gasteiger partial charge on any atom is 0.233 e. The monoisotopic (exact) mass is 275 g/mol. The lowest BCUT2D eigenvalue weighted by Crippen LogP contribution is -2.36. The lowest BCUT2D eigenvalue weighted by atomic mass is 10.2. The van der Waals surface area contributed by atoms with Crippen LogP contribution in [0.25, 0.3) is 0 Å². The predicted molar refractivity (Wildman–Crippen MR) is 64.0 cm³/mol. The molecule has 4 heteroatoms. The first kappa shape index (κ1) is 11.7. The Balaban J connectivity index is 2.49. The van der Waals surface area contributed by atoms with Crippen LogP contribution < -0.4 is 0 Å². The predicted octanol–water partition coefficient (Wildman–Crippen LogP) is 2.53. The van der Waals surface area contributed by atoms with E-state index in [1.165, 1.54) is 4.88 Å². The van der Waals surface area contributed by atoms with Crippen molar-refractivity contribution in [3.05, 3.63) is 22.4 Å². The minimum Gasteiger partial charge on any atom is -0.342 e. The summed E-state index contributed by atoms with van der Waals surface area (Å²) < 4.78 is 0. The topological polar surface area (TPSA) is 20.3 Å². The maximum atomic E-state index is 11.4. The van der Waals surface area contributed by atoms with Gasteiger partial charge in [0.1, 0.15) is 0 Å². The molecule has 2 nitrogen and oxygen atoms in total. The zero-order valence-electron chi connectivity index (χ0n) is 8.37. The Kier molecular flexibility index (Phi) is 4.62. The molecule has 0 aliphatic rings. The van der Waals surface area contributed by atoms with Crippen LogP contribution in [0, 0.1) is 0 Å². The standard InChI is InChI=1S/C10H14BrNOS/c1-8(12(2)10(13)7-11)6-9-4-3-5-14-9/h3-5,8H,6-7H2,1-2H3. The highest BCUT2D eigenvalue weighted by Crippen LogP contribution is 2.13. The molecule has 1 atom stereocenters. The number of amides is 1. The van der Waals surface area contributed by atoms with Crippen molar-refractivity contribution in [1.29, 1.82) is 0 Å². The number of hydrogen-bond donors (Lipinski definition) is 0. The summed E-state index contributed by atoms with van der Waals surface area (Å²) in [6, 6.07) is 4.41. The van der Waals surface area contributed by atoms with Crippen molar-refractivity contribution in [2.45, 2.75) is 19.4 Å². The molecular formula is C10H14BrNOS. The summed E-state index contributed by atoms with van der Waals surface area (Å²) in [5, 5.41) is 2.46. The second-order valence-corrected chi connectivity index (χ2v) is 4.86. The van der Waals surface area contributed by atoms with E-state index in [-0.39, 0.29) is 11.9 Å². The van der Waals surface area contributed by atoms with E-state index in [0.29, 0.717) is 5.33 Å².